The molecule has 1 aromatic rings. The number of nitrogens with zero attached hydrogens (tertiary/aromatic N) is 1. The van der Waals surface area contributed by atoms with Crippen LogP contribution < -0.4 is 0 Å². The Labute approximate surface area is 102 Å². The van der Waals surface area contributed by atoms with E-state index in [1.807, 2.05) is 0 Å². The third-order valence-corrected chi connectivity index (χ3v) is 2.62. The minimum absolute atomic E-state index is 0.0424. The summed E-state index contributed by atoms with van der Waals surface area (Å²) in [6.45, 7) is 2.78. The molecule has 1 aromatic carbocycles. The van der Waals surface area contributed by atoms with Gasteiger partial charge in [0, 0.05) is 26.3 Å². The summed E-state index contributed by atoms with van der Waals surface area (Å²) in [4.78, 5) is 13.6. The van der Waals surface area contributed by atoms with Crippen molar-refractivity contribution in [3.05, 3.63) is 35.4 Å². The van der Waals surface area contributed by atoms with E-state index in [0.717, 1.165) is 5.56 Å². The van der Waals surface area contributed by atoms with E-state index in [2.05, 4.69) is 0 Å². The van der Waals surface area contributed by atoms with Crippen molar-refractivity contribution in [1.29, 1.82) is 0 Å². The second-order valence-electron chi connectivity index (χ2n) is 4.02. The quantitative estimate of drug-likeness (QED) is 0.843. The van der Waals surface area contributed by atoms with Crippen LogP contribution >= 0.6 is 0 Å². The van der Waals surface area contributed by atoms with Crippen LogP contribution in [0.3, 0.4) is 0 Å². The highest BCUT2D eigenvalue weighted by molar-refractivity contribution is 5.94. The number of carbonyl (C=O) groups excluding carboxylic acids is 1. The van der Waals surface area contributed by atoms with Crippen molar-refractivity contribution in [2.75, 3.05) is 27.3 Å². The van der Waals surface area contributed by atoms with Gasteiger partial charge in [0.05, 0.1) is 12.7 Å². The second-order valence-corrected chi connectivity index (χ2v) is 4.02. The minimum Gasteiger partial charge on any atom is -0.389 e. The first kappa shape index (κ1) is 13.7. The van der Waals surface area contributed by atoms with Crippen molar-refractivity contribution in [2.24, 2.45) is 0 Å². The number of methoxy groups -OCH3 is 1. The van der Waals surface area contributed by atoms with Gasteiger partial charge in [0.15, 0.2) is 0 Å². The summed E-state index contributed by atoms with van der Waals surface area (Å²) in [5, 5.41) is 9.37. The number of hydrogen-bond donors (Lipinski definition) is 1. The monoisotopic (exact) mass is 237 g/mol. The van der Waals surface area contributed by atoms with Gasteiger partial charge in [-0.1, -0.05) is 12.1 Å². The molecule has 94 valence electrons. The Balaban J connectivity index is 2.69. The van der Waals surface area contributed by atoms with Crippen LogP contribution in [0.5, 0.6) is 0 Å². The maximum Gasteiger partial charge on any atom is 0.253 e. The molecule has 1 N–H and O–H groups in total. The van der Waals surface area contributed by atoms with Crippen LogP contribution in [0.15, 0.2) is 24.3 Å². The average molecular weight is 237 g/mol. The smallest absolute Gasteiger partial charge is 0.253 e. The van der Waals surface area contributed by atoms with Crippen LogP contribution in [0.2, 0.25) is 0 Å². The highest BCUT2D eigenvalue weighted by atomic mass is 16.5. The number of aliphatic hydroxyl groups is 1. The first-order valence-corrected chi connectivity index (χ1v) is 5.58. The second kappa shape index (κ2) is 6.37. The van der Waals surface area contributed by atoms with Gasteiger partial charge in [-0.15, -0.1) is 0 Å². The number of carbonyl (C=O) groups is 1. The van der Waals surface area contributed by atoms with Gasteiger partial charge < -0.3 is 14.7 Å². The van der Waals surface area contributed by atoms with E-state index in [9.17, 15) is 9.90 Å². The fraction of sp³-hybridized carbons (Fsp3) is 0.462. The average Bonchev–Trinajstić information content (AvgIpc) is 2.35. The van der Waals surface area contributed by atoms with Gasteiger partial charge in [-0.2, -0.15) is 0 Å². The van der Waals surface area contributed by atoms with Crippen LogP contribution in [0, 0.1) is 0 Å². The summed E-state index contributed by atoms with van der Waals surface area (Å²) in [7, 11) is 3.35. The minimum atomic E-state index is -0.509. The molecule has 0 spiro atoms. The number of hydrogen-bond acceptors (Lipinski definition) is 3. The Morgan fingerprint density at radius 3 is 2.47 bits per heavy atom. The zero-order valence-corrected chi connectivity index (χ0v) is 10.5. The summed E-state index contributed by atoms with van der Waals surface area (Å²) in [5.41, 5.74) is 1.43. The number of benzene rings is 1. The molecule has 1 atom stereocenters. The lowest BCUT2D eigenvalue weighted by molar-refractivity contribution is 0.0744. The molecule has 0 aliphatic rings. The molecule has 17 heavy (non-hydrogen) atoms. The summed E-state index contributed by atoms with van der Waals surface area (Å²) in [6, 6.07) is 6.99. The van der Waals surface area contributed by atoms with E-state index in [-0.39, 0.29) is 5.91 Å². The van der Waals surface area contributed by atoms with Gasteiger partial charge in [-0.3, -0.25) is 4.79 Å². The molecule has 1 amide bonds. The van der Waals surface area contributed by atoms with Crippen molar-refractivity contribution >= 4 is 5.91 Å². The molecule has 0 heterocycles. The maximum absolute atomic E-state index is 11.9. The fourth-order valence-corrected chi connectivity index (χ4v) is 1.45. The zero-order chi connectivity index (χ0) is 12.8. The predicted octanol–water partition coefficient (Wildman–Crippen LogP) is 1.46. The Bertz CT molecular complexity index is 359. The number of ether oxygens (including phenoxy) is 1. The molecule has 4 nitrogen and oxygen atoms in total. The Morgan fingerprint density at radius 1 is 1.41 bits per heavy atom. The summed E-state index contributed by atoms with van der Waals surface area (Å²) >= 11 is 0. The highest BCUT2D eigenvalue weighted by Gasteiger charge is 2.11. The van der Waals surface area contributed by atoms with E-state index >= 15 is 0 Å². The van der Waals surface area contributed by atoms with Crippen molar-refractivity contribution < 1.29 is 14.6 Å². The maximum atomic E-state index is 11.9. The molecule has 4 heteroatoms. The molecule has 0 radical (unpaired) electrons. The lowest BCUT2D eigenvalue weighted by atomic mass is 10.1. The van der Waals surface area contributed by atoms with Gasteiger partial charge in [0.2, 0.25) is 0 Å². The lowest BCUT2D eigenvalue weighted by Gasteiger charge is -2.16. The third-order valence-electron chi connectivity index (χ3n) is 2.62. The summed E-state index contributed by atoms with van der Waals surface area (Å²) in [5.74, 6) is -0.0424. The first-order valence-electron chi connectivity index (χ1n) is 5.58. The van der Waals surface area contributed by atoms with E-state index in [4.69, 9.17) is 4.74 Å². The zero-order valence-electron chi connectivity index (χ0n) is 10.5. The fourth-order valence-electron chi connectivity index (χ4n) is 1.45. The molecule has 0 fully saturated rings. The van der Waals surface area contributed by atoms with Crippen LogP contribution in [-0.2, 0) is 4.74 Å². The van der Waals surface area contributed by atoms with Crippen molar-refractivity contribution in [1.82, 2.24) is 4.90 Å². The summed E-state index contributed by atoms with van der Waals surface area (Å²) < 4.78 is 4.92. The van der Waals surface area contributed by atoms with E-state index in [1.165, 1.54) is 0 Å². The molecular formula is C13H19NO3. The van der Waals surface area contributed by atoms with Crippen LogP contribution in [0.4, 0.5) is 0 Å². The molecule has 0 saturated heterocycles. The van der Waals surface area contributed by atoms with Gasteiger partial charge in [0.25, 0.3) is 5.91 Å². The number of rotatable bonds is 5. The van der Waals surface area contributed by atoms with E-state index in [0.29, 0.717) is 18.7 Å². The van der Waals surface area contributed by atoms with Gasteiger partial charge in [-0.05, 0) is 24.6 Å². The molecule has 0 aliphatic carbocycles. The standard InChI is InChI=1S/C13H19NO3/c1-10(15)11-4-6-12(7-5-11)13(16)14(2)8-9-17-3/h4-7,10,15H,8-9H2,1-3H3. The number of amides is 1. The normalized spacial score (nSPS) is 12.2. The van der Waals surface area contributed by atoms with Crippen molar-refractivity contribution in [3.8, 4) is 0 Å². The molecule has 0 bridgehead atoms. The van der Waals surface area contributed by atoms with Crippen molar-refractivity contribution in [3.63, 3.8) is 0 Å². The van der Waals surface area contributed by atoms with Crippen molar-refractivity contribution in [2.45, 2.75) is 13.0 Å². The largest absolute Gasteiger partial charge is 0.389 e. The molecule has 1 unspecified atom stereocenters. The van der Waals surface area contributed by atoms with E-state index in [1.54, 1.807) is 50.2 Å². The van der Waals surface area contributed by atoms with Gasteiger partial charge >= 0.3 is 0 Å². The van der Waals surface area contributed by atoms with Crippen LogP contribution in [0.25, 0.3) is 0 Å². The molecule has 0 aromatic heterocycles. The SMILES string of the molecule is COCCN(C)C(=O)c1ccc(C(C)O)cc1. The molecule has 0 aliphatic heterocycles. The topological polar surface area (TPSA) is 49.8 Å². The van der Waals surface area contributed by atoms with Crippen LogP contribution in [0.1, 0.15) is 28.9 Å². The Kier molecular flexibility index (Phi) is 5.12. The Morgan fingerprint density at radius 2 is 2.00 bits per heavy atom. The first-order chi connectivity index (χ1) is 8.06. The van der Waals surface area contributed by atoms with E-state index < -0.39 is 6.10 Å². The molecule has 1 rings (SSSR count). The molecular weight excluding hydrogens is 218 g/mol. The van der Waals surface area contributed by atoms with Gasteiger partial charge in [-0.25, -0.2) is 0 Å². The third kappa shape index (κ3) is 3.84. The molecule has 0 saturated carbocycles. The predicted molar refractivity (Wildman–Crippen MR) is 65.9 cm³/mol. The lowest BCUT2D eigenvalue weighted by Crippen LogP contribution is -2.29. The summed E-state index contributed by atoms with van der Waals surface area (Å²) in [6.07, 6.45) is -0.509. The Hall–Kier alpha value is -1.39. The highest BCUT2D eigenvalue weighted by Crippen LogP contribution is 2.13. The number of likely N-dealkylation sites (N-methyl/N-ethyl adjacent to an activating group) is 1. The number of aliphatic hydroxyl groups excluding tert-OH is 1. The van der Waals surface area contributed by atoms with Gasteiger partial charge in [0.1, 0.15) is 0 Å². The van der Waals surface area contributed by atoms with Crippen LogP contribution in [-0.4, -0.2) is 43.2 Å².